The molecule has 0 saturated carbocycles. The molecule has 0 unspecified atom stereocenters. The molecule has 0 fully saturated rings. The first kappa shape index (κ1) is 14.0. The van der Waals surface area contributed by atoms with Crippen LogP contribution in [0, 0.1) is 0 Å². The fourth-order valence-electron chi connectivity index (χ4n) is 1.58. The van der Waals surface area contributed by atoms with Gasteiger partial charge in [0.1, 0.15) is 12.2 Å². The Morgan fingerprint density at radius 3 is 3.00 bits per heavy atom. The van der Waals surface area contributed by atoms with Gasteiger partial charge in [-0.3, -0.25) is 9.89 Å². The monoisotopic (exact) mass is 342 g/mol. The number of rotatable bonds is 5. The molecule has 0 bridgehead atoms. The molecule has 1 aromatic carbocycles. The van der Waals surface area contributed by atoms with Crippen molar-refractivity contribution < 1.29 is 4.79 Å². The van der Waals surface area contributed by atoms with Gasteiger partial charge in [0.15, 0.2) is 0 Å². The molecule has 0 radical (unpaired) electrons. The van der Waals surface area contributed by atoms with Gasteiger partial charge in [0.2, 0.25) is 0 Å². The average Bonchev–Trinajstić information content (AvgIpc) is 2.87. The number of amides is 1. The summed E-state index contributed by atoms with van der Waals surface area (Å²) in [7, 11) is 0. The van der Waals surface area contributed by atoms with Crippen LogP contribution in [0.25, 0.3) is 0 Å². The van der Waals surface area contributed by atoms with Crippen LogP contribution in [0.2, 0.25) is 5.02 Å². The Balaban J connectivity index is 1.81. The zero-order chi connectivity index (χ0) is 13.7. The van der Waals surface area contributed by atoms with Crippen molar-refractivity contribution in [1.82, 2.24) is 20.5 Å². The molecule has 0 aliphatic carbocycles. The molecule has 5 nitrogen and oxygen atoms in total. The Labute approximate surface area is 123 Å². The molecule has 0 aliphatic heterocycles. The van der Waals surface area contributed by atoms with Gasteiger partial charge in [-0.15, -0.1) is 0 Å². The largest absolute Gasteiger partial charge is 0.352 e. The molecule has 0 spiro atoms. The van der Waals surface area contributed by atoms with Crippen molar-refractivity contribution in [2.24, 2.45) is 0 Å². The molecule has 1 amide bonds. The minimum atomic E-state index is -0.171. The van der Waals surface area contributed by atoms with Gasteiger partial charge in [0.05, 0.1) is 10.6 Å². The summed E-state index contributed by atoms with van der Waals surface area (Å²) in [6, 6.07) is 5.18. The lowest BCUT2D eigenvalue weighted by atomic mass is 10.2. The fraction of sp³-hybridized carbons (Fsp3) is 0.250. The average molecular weight is 344 g/mol. The molecule has 100 valence electrons. The van der Waals surface area contributed by atoms with E-state index in [4.69, 9.17) is 11.6 Å². The number of nitrogens with zero attached hydrogens (tertiary/aromatic N) is 2. The zero-order valence-corrected chi connectivity index (χ0v) is 12.3. The molecule has 1 aromatic heterocycles. The van der Waals surface area contributed by atoms with Crippen molar-refractivity contribution in [1.29, 1.82) is 0 Å². The van der Waals surface area contributed by atoms with Crippen LogP contribution in [0.1, 0.15) is 22.6 Å². The fourth-order valence-corrected chi connectivity index (χ4v) is 2.34. The summed E-state index contributed by atoms with van der Waals surface area (Å²) in [5.41, 5.74) is 0.476. The van der Waals surface area contributed by atoms with Gasteiger partial charge in [-0.1, -0.05) is 27.5 Å². The number of aromatic amines is 1. The van der Waals surface area contributed by atoms with E-state index in [1.54, 1.807) is 18.2 Å². The lowest BCUT2D eigenvalue weighted by Gasteiger charge is -2.06. The maximum absolute atomic E-state index is 11.9. The highest BCUT2D eigenvalue weighted by Gasteiger charge is 2.09. The molecule has 7 heteroatoms. The van der Waals surface area contributed by atoms with Crippen LogP contribution >= 0.6 is 27.5 Å². The van der Waals surface area contributed by atoms with E-state index in [-0.39, 0.29) is 5.91 Å². The van der Waals surface area contributed by atoms with Gasteiger partial charge < -0.3 is 5.32 Å². The molecule has 2 N–H and O–H groups in total. The number of hydrogen-bond donors (Lipinski definition) is 2. The van der Waals surface area contributed by atoms with Gasteiger partial charge in [-0.05, 0) is 24.6 Å². The van der Waals surface area contributed by atoms with Crippen molar-refractivity contribution in [2.45, 2.75) is 12.8 Å². The van der Waals surface area contributed by atoms with E-state index >= 15 is 0 Å². The van der Waals surface area contributed by atoms with Crippen LogP contribution in [0.15, 0.2) is 29.0 Å². The first-order valence-corrected chi connectivity index (χ1v) is 6.91. The second-order valence-corrected chi connectivity index (χ2v) is 5.24. The SMILES string of the molecule is O=C(NCCCc1ncn[nH]1)c1ccc(Br)cc1Cl. The van der Waals surface area contributed by atoms with Crippen molar-refractivity contribution in [3.63, 3.8) is 0 Å². The lowest BCUT2D eigenvalue weighted by Crippen LogP contribution is -2.25. The third kappa shape index (κ3) is 4.04. The third-order valence-corrected chi connectivity index (χ3v) is 3.32. The summed E-state index contributed by atoms with van der Waals surface area (Å²) >= 11 is 9.30. The zero-order valence-electron chi connectivity index (χ0n) is 9.99. The standard InChI is InChI=1S/C12H12BrClN4O/c13-8-3-4-9(10(14)6-8)12(19)15-5-1-2-11-16-7-17-18-11/h3-4,6-7H,1-2,5H2,(H,15,19)(H,16,17,18). The Morgan fingerprint density at radius 2 is 2.32 bits per heavy atom. The van der Waals surface area contributed by atoms with Crippen LogP contribution in [0.3, 0.4) is 0 Å². The maximum atomic E-state index is 11.9. The molecule has 2 rings (SSSR count). The number of hydrogen-bond acceptors (Lipinski definition) is 3. The van der Waals surface area contributed by atoms with E-state index in [0.717, 1.165) is 23.1 Å². The van der Waals surface area contributed by atoms with E-state index in [1.807, 2.05) is 0 Å². The summed E-state index contributed by atoms with van der Waals surface area (Å²) in [6.07, 6.45) is 3.00. The number of aryl methyl sites for hydroxylation is 1. The number of halogens is 2. The van der Waals surface area contributed by atoms with Gasteiger partial charge in [0.25, 0.3) is 5.91 Å². The highest BCUT2D eigenvalue weighted by Crippen LogP contribution is 2.21. The Hall–Kier alpha value is -1.40. The van der Waals surface area contributed by atoms with Crippen molar-refractivity contribution in [3.8, 4) is 0 Å². The van der Waals surface area contributed by atoms with E-state index < -0.39 is 0 Å². The highest BCUT2D eigenvalue weighted by molar-refractivity contribution is 9.10. The predicted molar refractivity (Wildman–Crippen MR) is 76.2 cm³/mol. The van der Waals surface area contributed by atoms with Crippen molar-refractivity contribution >= 4 is 33.4 Å². The number of nitrogens with one attached hydrogen (secondary N) is 2. The van der Waals surface area contributed by atoms with E-state index in [2.05, 4.69) is 36.4 Å². The predicted octanol–water partition coefficient (Wildman–Crippen LogP) is 2.58. The second kappa shape index (κ2) is 6.68. The van der Waals surface area contributed by atoms with Crippen molar-refractivity contribution in [3.05, 3.63) is 45.4 Å². The summed E-state index contributed by atoms with van der Waals surface area (Å²) in [5.74, 6) is 0.644. The molecule has 0 atom stereocenters. The summed E-state index contributed by atoms with van der Waals surface area (Å²) < 4.78 is 0.847. The van der Waals surface area contributed by atoms with Crippen LogP contribution in [0.5, 0.6) is 0 Å². The molecule has 0 aliphatic rings. The quantitative estimate of drug-likeness (QED) is 0.820. The van der Waals surface area contributed by atoms with Gasteiger partial charge in [0, 0.05) is 17.4 Å². The second-order valence-electron chi connectivity index (χ2n) is 3.92. The van der Waals surface area contributed by atoms with E-state index in [0.29, 0.717) is 17.1 Å². The first-order chi connectivity index (χ1) is 9.16. The molecular formula is C12H12BrClN4O. The molecule has 1 heterocycles. The summed E-state index contributed by atoms with van der Waals surface area (Å²) in [6.45, 7) is 0.561. The minimum absolute atomic E-state index is 0.171. The summed E-state index contributed by atoms with van der Waals surface area (Å²) in [4.78, 5) is 15.9. The lowest BCUT2D eigenvalue weighted by molar-refractivity contribution is 0.0953. The first-order valence-electron chi connectivity index (χ1n) is 5.74. The molecular weight excluding hydrogens is 332 g/mol. The van der Waals surface area contributed by atoms with Gasteiger partial charge in [-0.25, -0.2) is 4.98 Å². The van der Waals surface area contributed by atoms with Crippen LogP contribution < -0.4 is 5.32 Å². The van der Waals surface area contributed by atoms with Crippen molar-refractivity contribution in [2.75, 3.05) is 6.54 Å². The third-order valence-electron chi connectivity index (χ3n) is 2.52. The maximum Gasteiger partial charge on any atom is 0.252 e. The minimum Gasteiger partial charge on any atom is -0.352 e. The van der Waals surface area contributed by atoms with Crippen LogP contribution in [-0.2, 0) is 6.42 Å². The van der Waals surface area contributed by atoms with E-state index in [1.165, 1.54) is 6.33 Å². The number of benzene rings is 1. The smallest absolute Gasteiger partial charge is 0.252 e. The van der Waals surface area contributed by atoms with Crippen LogP contribution in [-0.4, -0.2) is 27.6 Å². The van der Waals surface area contributed by atoms with E-state index in [9.17, 15) is 4.79 Å². The Morgan fingerprint density at radius 1 is 1.47 bits per heavy atom. The molecule has 2 aromatic rings. The van der Waals surface area contributed by atoms with Crippen LogP contribution in [0.4, 0.5) is 0 Å². The molecule has 0 saturated heterocycles. The number of H-pyrrole nitrogens is 1. The van der Waals surface area contributed by atoms with Gasteiger partial charge >= 0.3 is 0 Å². The van der Waals surface area contributed by atoms with Gasteiger partial charge in [-0.2, -0.15) is 5.10 Å². The Bertz CT molecular complexity index is 559. The normalized spacial score (nSPS) is 10.4. The number of aromatic nitrogens is 3. The topological polar surface area (TPSA) is 70.7 Å². The Kier molecular flexibility index (Phi) is 4.93. The number of carbonyl (C=O) groups is 1. The summed E-state index contributed by atoms with van der Waals surface area (Å²) in [5, 5.41) is 9.78. The molecule has 19 heavy (non-hydrogen) atoms. The number of carbonyl (C=O) groups excluding carboxylic acids is 1. The highest BCUT2D eigenvalue weighted by atomic mass is 79.9.